The maximum atomic E-state index is 16.5. The summed E-state index contributed by atoms with van der Waals surface area (Å²) in [6.07, 6.45) is 1.33. The predicted molar refractivity (Wildman–Crippen MR) is 158 cm³/mol. The maximum absolute atomic E-state index is 16.5. The smallest absolute Gasteiger partial charge is 0.441 e. The van der Waals surface area contributed by atoms with E-state index in [1.807, 2.05) is 46.8 Å². The molecule has 2 aromatic carbocycles. The molecule has 0 fully saturated rings. The fraction of sp³-hybridized carbons (Fsp3) is 0.406. The molecule has 0 spiro atoms. The van der Waals surface area contributed by atoms with E-state index < -0.39 is 23.5 Å². The summed E-state index contributed by atoms with van der Waals surface area (Å²) in [6.45, 7) is 11.9. The van der Waals surface area contributed by atoms with Crippen LogP contribution < -0.4 is 15.1 Å². The van der Waals surface area contributed by atoms with Gasteiger partial charge < -0.3 is 19.2 Å². The van der Waals surface area contributed by atoms with Crippen molar-refractivity contribution >= 4 is 27.8 Å². The van der Waals surface area contributed by atoms with Gasteiger partial charge in [0.05, 0.1) is 36.3 Å². The lowest BCUT2D eigenvalue weighted by Crippen LogP contribution is -2.44. The summed E-state index contributed by atoms with van der Waals surface area (Å²) < 4.78 is 23.1. The second-order valence-corrected chi connectivity index (χ2v) is 12.1. The fourth-order valence-corrected chi connectivity index (χ4v) is 5.35. The monoisotopic (exact) mass is 563 g/mol. The maximum Gasteiger partial charge on any atom is 0.441 e. The highest BCUT2D eigenvalue weighted by atomic mass is 19.1. The molecule has 0 saturated carbocycles. The van der Waals surface area contributed by atoms with Gasteiger partial charge in [-0.1, -0.05) is 46.8 Å². The van der Waals surface area contributed by atoms with Crippen LogP contribution >= 0.6 is 0 Å². The number of aromatic nitrogens is 2. The van der Waals surface area contributed by atoms with Crippen molar-refractivity contribution in [2.75, 3.05) is 7.11 Å². The Balaban J connectivity index is 1.91. The summed E-state index contributed by atoms with van der Waals surface area (Å²) in [6, 6.07) is 11.4. The van der Waals surface area contributed by atoms with E-state index in [1.165, 1.54) is 10.6 Å². The standard InChI is InChI=1S/C32H38FN3O5/c1-19(2)16-22(17-32(4,5)6)36(31(38)39)41-26-13-12-25-24-14-15-34-20(3)27(24)30(37)35(29(25)28(26)33)18-21-8-10-23(40-7)11-9-21/h8-15,19,22H,16-18H2,1-7H3,(H,38,39)/t22-/m0/s1. The largest absolute Gasteiger partial charge is 0.497 e. The number of carbonyl (C=O) groups is 1. The van der Waals surface area contributed by atoms with Gasteiger partial charge in [-0.05, 0) is 72.4 Å². The van der Waals surface area contributed by atoms with Crippen molar-refractivity contribution in [3.8, 4) is 11.5 Å². The number of rotatable bonds is 9. The van der Waals surface area contributed by atoms with Gasteiger partial charge in [0, 0.05) is 11.6 Å². The molecule has 41 heavy (non-hydrogen) atoms. The van der Waals surface area contributed by atoms with Crippen molar-refractivity contribution in [2.45, 2.75) is 67.0 Å². The molecule has 9 heteroatoms. The first-order valence-electron chi connectivity index (χ1n) is 13.7. The first-order chi connectivity index (χ1) is 19.3. The van der Waals surface area contributed by atoms with E-state index in [9.17, 15) is 14.7 Å². The molecule has 218 valence electrons. The van der Waals surface area contributed by atoms with E-state index in [0.29, 0.717) is 40.4 Å². The molecule has 4 aromatic rings. The zero-order chi connectivity index (χ0) is 30.1. The van der Waals surface area contributed by atoms with Crippen LogP contribution in [0.2, 0.25) is 0 Å². The lowest BCUT2D eigenvalue weighted by molar-refractivity contribution is -0.0846. The lowest BCUT2D eigenvalue weighted by Gasteiger charge is -2.34. The number of fused-ring (bicyclic) bond motifs is 3. The Labute approximate surface area is 239 Å². The Morgan fingerprint density at radius 2 is 1.78 bits per heavy atom. The molecule has 0 aliphatic rings. The van der Waals surface area contributed by atoms with Crippen LogP contribution in [0.15, 0.2) is 53.5 Å². The van der Waals surface area contributed by atoms with Crippen molar-refractivity contribution in [1.82, 2.24) is 14.6 Å². The number of nitrogens with zero attached hydrogens (tertiary/aromatic N) is 3. The topological polar surface area (TPSA) is 93.9 Å². The molecule has 2 aromatic heterocycles. The van der Waals surface area contributed by atoms with Crippen molar-refractivity contribution in [3.05, 3.63) is 76.1 Å². The first-order valence-corrected chi connectivity index (χ1v) is 13.7. The van der Waals surface area contributed by atoms with Gasteiger partial charge in [-0.15, -0.1) is 5.06 Å². The number of halogens is 1. The summed E-state index contributed by atoms with van der Waals surface area (Å²) in [5.74, 6) is -0.233. The number of hydroxylamine groups is 2. The molecule has 0 radical (unpaired) electrons. The molecule has 0 bridgehead atoms. The number of carboxylic acid groups (broad SMARTS) is 1. The highest BCUT2D eigenvalue weighted by Gasteiger charge is 2.32. The number of hydrogen-bond acceptors (Lipinski definition) is 5. The van der Waals surface area contributed by atoms with E-state index >= 15 is 4.39 Å². The SMILES string of the molecule is COc1ccc(Cn2c(=O)c3c(C)nccc3c3ccc(ON(C(=O)O)[C@@H](CC(C)C)CC(C)(C)C)c(F)c32)cc1. The molecule has 1 N–H and O–H groups in total. The summed E-state index contributed by atoms with van der Waals surface area (Å²) in [4.78, 5) is 36.4. The molecule has 1 amide bonds. The number of benzene rings is 2. The van der Waals surface area contributed by atoms with Gasteiger partial charge >= 0.3 is 6.09 Å². The number of amides is 1. The minimum absolute atomic E-state index is 0.0305. The number of hydrogen-bond donors (Lipinski definition) is 1. The van der Waals surface area contributed by atoms with Crippen LogP contribution in [0.5, 0.6) is 11.5 Å². The van der Waals surface area contributed by atoms with Gasteiger partial charge in [-0.2, -0.15) is 0 Å². The number of aryl methyl sites for hydroxylation is 1. The van der Waals surface area contributed by atoms with Crippen molar-refractivity contribution in [2.24, 2.45) is 11.3 Å². The van der Waals surface area contributed by atoms with E-state index in [2.05, 4.69) is 4.98 Å². The number of methoxy groups -OCH3 is 1. The third-order valence-electron chi connectivity index (χ3n) is 7.05. The summed E-state index contributed by atoms with van der Waals surface area (Å²) >= 11 is 0. The predicted octanol–water partition coefficient (Wildman–Crippen LogP) is 7.18. The third-order valence-corrected chi connectivity index (χ3v) is 7.05. The van der Waals surface area contributed by atoms with E-state index in [1.54, 1.807) is 44.5 Å². The molecule has 4 rings (SSSR count). The van der Waals surface area contributed by atoms with Gasteiger partial charge in [0.2, 0.25) is 0 Å². The van der Waals surface area contributed by atoms with Crippen molar-refractivity contribution < 1.29 is 23.9 Å². The Bertz CT molecular complexity index is 1620. The van der Waals surface area contributed by atoms with Gasteiger partial charge in [0.15, 0.2) is 11.6 Å². The number of ether oxygens (including phenoxy) is 1. The highest BCUT2D eigenvalue weighted by molar-refractivity contribution is 6.06. The molecule has 0 aliphatic heterocycles. The molecule has 0 unspecified atom stereocenters. The molecule has 0 saturated heterocycles. The van der Waals surface area contributed by atoms with Gasteiger partial charge in [-0.25, -0.2) is 9.18 Å². The van der Waals surface area contributed by atoms with Crippen LogP contribution in [-0.2, 0) is 6.54 Å². The molecular weight excluding hydrogens is 525 g/mol. The molecular formula is C32H38FN3O5. The second kappa shape index (κ2) is 11.8. The van der Waals surface area contributed by atoms with Gasteiger partial charge in [0.1, 0.15) is 5.75 Å². The minimum Gasteiger partial charge on any atom is -0.497 e. The van der Waals surface area contributed by atoms with Crippen molar-refractivity contribution in [3.63, 3.8) is 0 Å². The Hall–Kier alpha value is -4.14. The molecule has 0 aliphatic carbocycles. The van der Waals surface area contributed by atoms with Gasteiger partial charge in [0.25, 0.3) is 5.56 Å². The minimum atomic E-state index is -1.31. The van der Waals surface area contributed by atoms with Crippen LogP contribution in [0.3, 0.4) is 0 Å². The van der Waals surface area contributed by atoms with E-state index in [-0.39, 0.29) is 29.1 Å². The first kappa shape index (κ1) is 29.8. The van der Waals surface area contributed by atoms with E-state index in [0.717, 1.165) is 10.6 Å². The highest BCUT2D eigenvalue weighted by Crippen LogP contribution is 2.34. The Morgan fingerprint density at radius 3 is 2.37 bits per heavy atom. The average molecular weight is 564 g/mol. The molecule has 8 nitrogen and oxygen atoms in total. The average Bonchev–Trinajstić information content (AvgIpc) is 2.89. The zero-order valence-electron chi connectivity index (χ0n) is 24.7. The van der Waals surface area contributed by atoms with Crippen LogP contribution in [0.4, 0.5) is 9.18 Å². The van der Waals surface area contributed by atoms with Crippen LogP contribution in [0.25, 0.3) is 21.7 Å². The van der Waals surface area contributed by atoms with Crippen LogP contribution in [0.1, 0.15) is 58.7 Å². The van der Waals surface area contributed by atoms with E-state index in [4.69, 9.17) is 9.57 Å². The second-order valence-electron chi connectivity index (χ2n) is 12.1. The third kappa shape index (κ3) is 6.45. The Morgan fingerprint density at radius 1 is 1.10 bits per heavy atom. The number of pyridine rings is 2. The zero-order valence-corrected chi connectivity index (χ0v) is 24.7. The summed E-state index contributed by atoms with van der Waals surface area (Å²) in [5, 5.41) is 12.5. The summed E-state index contributed by atoms with van der Waals surface area (Å²) in [7, 11) is 1.57. The molecule has 2 heterocycles. The lowest BCUT2D eigenvalue weighted by atomic mass is 9.85. The van der Waals surface area contributed by atoms with Crippen LogP contribution in [-0.4, -0.2) is 39.0 Å². The van der Waals surface area contributed by atoms with Gasteiger partial charge in [-0.3, -0.25) is 9.78 Å². The Kier molecular flexibility index (Phi) is 8.56. The van der Waals surface area contributed by atoms with Crippen LogP contribution in [0, 0.1) is 24.1 Å². The quantitative estimate of drug-likeness (QED) is 0.171. The normalized spacial score (nSPS) is 12.6. The fourth-order valence-electron chi connectivity index (χ4n) is 5.35. The van der Waals surface area contributed by atoms with Crippen molar-refractivity contribution in [1.29, 1.82) is 0 Å². The molecule has 1 atom stereocenters. The summed E-state index contributed by atoms with van der Waals surface area (Å²) in [5.41, 5.74) is 0.736.